The summed E-state index contributed by atoms with van der Waals surface area (Å²) in [5.41, 5.74) is 13.0. The molecule has 0 bridgehead atoms. The van der Waals surface area contributed by atoms with Crippen LogP contribution in [-0.4, -0.2) is 21.6 Å². The van der Waals surface area contributed by atoms with Gasteiger partial charge in [0.1, 0.15) is 11.6 Å². The minimum absolute atomic E-state index is 0.00762. The molecular formula is C19H19N5OS. The summed E-state index contributed by atoms with van der Waals surface area (Å²) in [6.45, 7) is 0. The Balaban J connectivity index is 1.72. The van der Waals surface area contributed by atoms with E-state index in [9.17, 15) is 4.79 Å². The number of hydrogen-bond donors (Lipinski definition) is 2. The van der Waals surface area contributed by atoms with Crippen LogP contribution in [0.25, 0.3) is 0 Å². The molecule has 0 atom stereocenters. The number of thioether (sulfide) groups is 1. The van der Waals surface area contributed by atoms with Gasteiger partial charge in [-0.05, 0) is 24.3 Å². The fourth-order valence-corrected chi connectivity index (χ4v) is 3.26. The van der Waals surface area contributed by atoms with Crippen molar-refractivity contribution in [2.75, 3.05) is 22.1 Å². The van der Waals surface area contributed by atoms with E-state index in [2.05, 4.69) is 9.97 Å². The molecule has 0 radical (unpaired) electrons. The molecule has 1 heterocycles. The molecule has 0 aliphatic heterocycles. The third-order valence-electron chi connectivity index (χ3n) is 3.57. The maximum Gasteiger partial charge on any atom is 0.232 e. The Kier molecular flexibility index (Phi) is 5.70. The van der Waals surface area contributed by atoms with Crippen LogP contribution in [0.3, 0.4) is 0 Å². The van der Waals surface area contributed by atoms with Crippen LogP contribution < -0.4 is 16.4 Å². The van der Waals surface area contributed by atoms with E-state index >= 15 is 0 Å². The van der Waals surface area contributed by atoms with Crippen LogP contribution in [0.1, 0.15) is 6.42 Å². The van der Waals surface area contributed by atoms with E-state index in [0.717, 1.165) is 11.4 Å². The van der Waals surface area contributed by atoms with Crippen molar-refractivity contribution in [2.24, 2.45) is 0 Å². The van der Waals surface area contributed by atoms with Gasteiger partial charge < -0.3 is 11.5 Å². The average Bonchev–Trinajstić information content (AvgIpc) is 2.63. The normalized spacial score (nSPS) is 10.5. The van der Waals surface area contributed by atoms with Crippen molar-refractivity contribution in [1.82, 2.24) is 9.97 Å². The molecule has 0 saturated heterocycles. The molecule has 0 aliphatic carbocycles. The Morgan fingerprint density at radius 1 is 0.885 bits per heavy atom. The van der Waals surface area contributed by atoms with Crippen LogP contribution in [0.15, 0.2) is 71.9 Å². The van der Waals surface area contributed by atoms with Crippen molar-refractivity contribution in [3.05, 3.63) is 66.7 Å². The van der Waals surface area contributed by atoms with Gasteiger partial charge in [0.05, 0.1) is 0 Å². The summed E-state index contributed by atoms with van der Waals surface area (Å²) in [5.74, 6) is 1.16. The van der Waals surface area contributed by atoms with Gasteiger partial charge in [0, 0.05) is 29.6 Å². The van der Waals surface area contributed by atoms with E-state index in [1.54, 1.807) is 4.90 Å². The highest BCUT2D eigenvalue weighted by Crippen LogP contribution is 2.26. The quantitative estimate of drug-likeness (QED) is 0.512. The molecule has 0 spiro atoms. The number of hydrogen-bond acceptors (Lipinski definition) is 6. The molecule has 0 aliphatic rings. The third-order valence-corrected chi connectivity index (χ3v) is 4.42. The second kappa shape index (κ2) is 8.35. The van der Waals surface area contributed by atoms with Gasteiger partial charge in [0.15, 0.2) is 5.16 Å². The number of benzene rings is 2. The lowest BCUT2D eigenvalue weighted by Gasteiger charge is -2.23. The maximum absolute atomic E-state index is 12.9. The molecule has 0 fully saturated rings. The van der Waals surface area contributed by atoms with E-state index in [4.69, 9.17) is 11.5 Å². The summed E-state index contributed by atoms with van der Waals surface area (Å²) in [6.07, 6.45) is 0.326. The summed E-state index contributed by atoms with van der Waals surface area (Å²) in [5, 5.41) is 0.473. The Hall–Kier alpha value is -3.06. The molecule has 26 heavy (non-hydrogen) atoms. The summed E-state index contributed by atoms with van der Waals surface area (Å²) >= 11 is 1.36. The van der Waals surface area contributed by atoms with Gasteiger partial charge in [0.2, 0.25) is 5.91 Å². The van der Waals surface area contributed by atoms with E-state index < -0.39 is 0 Å². The Labute approximate surface area is 156 Å². The monoisotopic (exact) mass is 365 g/mol. The lowest BCUT2D eigenvalue weighted by molar-refractivity contribution is -0.117. The average molecular weight is 365 g/mol. The van der Waals surface area contributed by atoms with Gasteiger partial charge >= 0.3 is 0 Å². The number of amides is 1. The van der Waals surface area contributed by atoms with Crippen molar-refractivity contribution in [2.45, 2.75) is 11.6 Å². The molecule has 6 nitrogen and oxygen atoms in total. The van der Waals surface area contributed by atoms with E-state index in [0.29, 0.717) is 29.0 Å². The SMILES string of the molecule is Nc1cc(N)nc(SCCC(=O)N(c2ccccc2)c2ccccc2)n1. The van der Waals surface area contributed by atoms with Gasteiger partial charge in [-0.25, -0.2) is 9.97 Å². The Morgan fingerprint density at radius 2 is 1.38 bits per heavy atom. The third kappa shape index (κ3) is 4.52. The zero-order valence-corrected chi connectivity index (χ0v) is 14.9. The molecule has 1 aromatic heterocycles. The first-order valence-corrected chi connectivity index (χ1v) is 9.08. The van der Waals surface area contributed by atoms with E-state index in [1.807, 2.05) is 60.7 Å². The minimum Gasteiger partial charge on any atom is -0.383 e. The van der Waals surface area contributed by atoms with E-state index in [-0.39, 0.29) is 5.91 Å². The maximum atomic E-state index is 12.9. The predicted octanol–water partition coefficient (Wildman–Crippen LogP) is 3.49. The highest BCUT2D eigenvalue weighted by molar-refractivity contribution is 7.99. The molecule has 2 aromatic carbocycles. The van der Waals surface area contributed by atoms with Crippen molar-refractivity contribution in [3.63, 3.8) is 0 Å². The fraction of sp³-hybridized carbons (Fsp3) is 0.105. The summed E-state index contributed by atoms with van der Waals surface area (Å²) in [7, 11) is 0. The number of carbonyl (C=O) groups excluding carboxylic acids is 1. The predicted molar refractivity (Wildman–Crippen MR) is 106 cm³/mol. The van der Waals surface area contributed by atoms with Crippen LogP contribution in [-0.2, 0) is 4.79 Å². The lowest BCUT2D eigenvalue weighted by atomic mass is 10.2. The van der Waals surface area contributed by atoms with Gasteiger partial charge in [-0.3, -0.25) is 9.69 Å². The van der Waals surface area contributed by atoms with Crippen LogP contribution in [0.2, 0.25) is 0 Å². The molecule has 132 valence electrons. The van der Waals surface area contributed by atoms with Crippen LogP contribution in [0, 0.1) is 0 Å². The number of para-hydroxylation sites is 2. The van der Waals surface area contributed by atoms with Crippen LogP contribution >= 0.6 is 11.8 Å². The molecule has 3 aromatic rings. The smallest absolute Gasteiger partial charge is 0.232 e. The number of nitrogen functional groups attached to an aromatic ring is 2. The molecule has 1 amide bonds. The van der Waals surface area contributed by atoms with Crippen molar-refractivity contribution in [3.8, 4) is 0 Å². The first-order valence-electron chi connectivity index (χ1n) is 8.09. The zero-order valence-electron chi connectivity index (χ0n) is 14.1. The number of anilines is 4. The summed E-state index contributed by atoms with van der Waals surface area (Å²) < 4.78 is 0. The largest absolute Gasteiger partial charge is 0.383 e. The standard InChI is InChI=1S/C19H19N5OS/c20-16-13-17(21)23-19(22-16)26-12-11-18(25)24(14-7-3-1-4-8-14)15-9-5-2-6-10-15/h1-10,13H,11-12H2,(H4,20,21,22,23). The Morgan fingerprint density at radius 3 is 1.88 bits per heavy atom. The van der Waals surface area contributed by atoms with Gasteiger partial charge in [-0.15, -0.1) is 0 Å². The van der Waals surface area contributed by atoms with Gasteiger partial charge in [0.25, 0.3) is 0 Å². The van der Waals surface area contributed by atoms with Crippen LogP contribution in [0.4, 0.5) is 23.0 Å². The van der Waals surface area contributed by atoms with Crippen LogP contribution in [0.5, 0.6) is 0 Å². The van der Waals surface area contributed by atoms with Crippen molar-refractivity contribution >= 4 is 40.7 Å². The fourth-order valence-electron chi connectivity index (χ4n) is 2.46. The highest BCUT2D eigenvalue weighted by Gasteiger charge is 2.17. The number of nitrogens with two attached hydrogens (primary N) is 2. The minimum atomic E-state index is -0.00762. The number of nitrogens with zero attached hydrogens (tertiary/aromatic N) is 3. The summed E-state index contributed by atoms with van der Waals surface area (Å²) in [4.78, 5) is 22.8. The van der Waals surface area contributed by atoms with Gasteiger partial charge in [-0.2, -0.15) is 0 Å². The second-order valence-electron chi connectivity index (χ2n) is 5.50. The molecule has 7 heteroatoms. The lowest BCUT2D eigenvalue weighted by Crippen LogP contribution is -2.26. The number of rotatable bonds is 6. The second-order valence-corrected chi connectivity index (χ2v) is 6.56. The molecule has 4 N–H and O–H groups in total. The summed E-state index contributed by atoms with van der Waals surface area (Å²) in [6, 6.07) is 20.7. The highest BCUT2D eigenvalue weighted by atomic mass is 32.2. The van der Waals surface area contributed by atoms with Crippen molar-refractivity contribution < 1.29 is 4.79 Å². The topological polar surface area (TPSA) is 98.1 Å². The Bertz CT molecular complexity index is 814. The zero-order chi connectivity index (χ0) is 18.4. The van der Waals surface area contributed by atoms with E-state index in [1.165, 1.54) is 17.8 Å². The van der Waals surface area contributed by atoms with Gasteiger partial charge in [-0.1, -0.05) is 48.2 Å². The van der Waals surface area contributed by atoms with Crippen molar-refractivity contribution in [1.29, 1.82) is 0 Å². The molecule has 3 rings (SSSR count). The first-order chi connectivity index (χ1) is 12.6. The molecule has 0 unspecified atom stereocenters. The molecular weight excluding hydrogens is 346 g/mol. The first kappa shape index (κ1) is 17.8. The molecule has 0 saturated carbocycles. The number of aromatic nitrogens is 2. The number of carbonyl (C=O) groups is 1.